The van der Waals surface area contributed by atoms with Crippen LogP contribution in [-0.4, -0.2) is 34.5 Å². The highest BCUT2D eigenvalue weighted by molar-refractivity contribution is 7.20. The monoisotopic (exact) mass is 498 g/mol. The van der Waals surface area contributed by atoms with Gasteiger partial charge in [0.25, 0.3) is 5.56 Å². The van der Waals surface area contributed by atoms with Crippen LogP contribution in [0.2, 0.25) is 0 Å². The lowest BCUT2D eigenvalue weighted by Crippen LogP contribution is -2.24. The number of hydrogen-bond acceptors (Lipinski definition) is 7. The first kappa shape index (κ1) is 23.4. The molecule has 0 spiro atoms. The van der Waals surface area contributed by atoms with Crippen molar-refractivity contribution in [3.05, 3.63) is 105 Å². The van der Waals surface area contributed by atoms with Crippen LogP contribution >= 0.6 is 11.3 Å². The number of benzene rings is 3. The van der Waals surface area contributed by atoms with Crippen LogP contribution in [-0.2, 0) is 11.3 Å². The number of hydrogen-bond donors (Lipinski definition) is 0. The smallest absolute Gasteiger partial charge is 0.348 e. The molecule has 2 heterocycles. The second kappa shape index (κ2) is 10.1. The Hall–Kier alpha value is -4.30. The summed E-state index contributed by atoms with van der Waals surface area (Å²) >= 11 is 1.10. The predicted molar refractivity (Wildman–Crippen MR) is 139 cm³/mol. The summed E-state index contributed by atoms with van der Waals surface area (Å²) in [6.45, 7) is 1.82. The zero-order valence-corrected chi connectivity index (χ0v) is 20.3. The van der Waals surface area contributed by atoms with E-state index in [-0.39, 0.29) is 31.1 Å². The second-order valence-electron chi connectivity index (χ2n) is 8.20. The molecule has 0 aliphatic rings. The van der Waals surface area contributed by atoms with E-state index in [9.17, 15) is 14.4 Å². The van der Waals surface area contributed by atoms with Gasteiger partial charge in [-0.1, -0.05) is 54.6 Å². The Bertz CT molecular complexity index is 1640. The van der Waals surface area contributed by atoms with Crippen LogP contribution in [0.3, 0.4) is 0 Å². The molecule has 180 valence electrons. The Morgan fingerprint density at radius 3 is 2.50 bits per heavy atom. The number of para-hydroxylation sites is 1. The van der Waals surface area contributed by atoms with E-state index in [1.807, 2.05) is 66.7 Å². The molecular formula is C28H22N2O5S. The number of esters is 1. The van der Waals surface area contributed by atoms with E-state index >= 15 is 0 Å². The summed E-state index contributed by atoms with van der Waals surface area (Å²) in [4.78, 5) is 43.8. The number of carbonyl (C=O) groups excluding carboxylic acids is 2. The lowest BCUT2D eigenvalue weighted by Gasteiger charge is -2.07. The number of aromatic nitrogens is 2. The first-order valence-corrected chi connectivity index (χ1v) is 12.2. The fourth-order valence-corrected chi connectivity index (χ4v) is 4.98. The minimum Gasteiger partial charge on any atom is -0.490 e. The van der Waals surface area contributed by atoms with Gasteiger partial charge in [-0.05, 0) is 41.5 Å². The van der Waals surface area contributed by atoms with Crippen molar-refractivity contribution in [1.29, 1.82) is 0 Å². The SMILES string of the molecule is Cc1c(C(=O)OCCOc2ccccc2)sc2ncn(CC(=O)c3ccc4ccccc4c3)c(=O)c12. The van der Waals surface area contributed by atoms with E-state index in [0.29, 0.717) is 32.0 Å². The quantitative estimate of drug-likeness (QED) is 0.169. The summed E-state index contributed by atoms with van der Waals surface area (Å²) in [5, 5.41) is 2.31. The number of rotatable bonds is 8. The Labute approximate surface area is 210 Å². The molecule has 5 aromatic rings. The molecule has 0 N–H and O–H groups in total. The van der Waals surface area contributed by atoms with Crippen molar-refractivity contribution in [1.82, 2.24) is 9.55 Å². The summed E-state index contributed by atoms with van der Waals surface area (Å²) in [5.74, 6) is -0.0464. The molecule has 0 aliphatic heterocycles. The molecule has 0 atom stereocenters. The van der Waals surface area contributed by atoms with Gasteiger partial charge in [-0.3, -0.25) is 14.2 Å². The summed E-state index contributed by atoms with van der Waals surface area (Å²) < 4.78 is 12.2. The Balaban J connectivity index is 1.31. The summed E-state index contributed by atoms with van der Waals surface area (Å²) in [5.41, 5.74) is 0.646. The van der Waals surface area contributed by atoms with E-state index in [1.54, 1.807) is 13.0 Å². The molecule has 8 heteroatoms. The van der Waals surface area contributed by atoms with E-state index in [2.05, 4.69) is 4.98 Å². The molecule has 0 aliphatic carbocycles. The molecule has 0 amide bonds. The van der Waals surface area contributed by atoms with Gasteiger partial charge < -0.3 is 9.47 Å². The van der Waals surface area contributed by atoms with Crippen molar-refractivity contribution in [2.45, 2.75) is 13.5 Å². The van der Waals surface area contributed by atoms with Gasteiger partial charge in [0, 0.05) is 5.56 Å². The number of ketones is 1. The number of Topliss-reactive ketones (excluding diaryl/α,β-unsaturated/α-hetero) is 1. The molecule has 36 heavy (non-hydrogen) atoms. The lowest BCUT2D eigenvalue weighted by atomic mass is 10.0. The average molecular weight is 499 g/mol. The molecule has 7 nitrogen and oxygen atoms in total. The highest BCUT2D eigenvalue weighted by Crippen LogP contribution is 2.27. The van der Waals surface area contributed by atoms with Crippen molar-refractivity contribution in [2.24, 2.45) is 0 Å². The third-order valence-corrected chi connectivity index (χ3v) is 7.00. The number of aryl methyl sites for hydroxylation is 1. The molecule has 0 radical (unpaired) electrons. The van der Waals surface area contributed by atoms with E-state index in [1.165, 1.54) is 10.9 Å². The maximum absolute atomic E-state index is 13.2. The molecular weight excluding hydrogens is 476 g/mol. The van der Waals surface area contributed by atoms with E-state index < -0.39 is 5.97 Å². The van der Waals surface area contributed by atoms with Crippen LogP contribution < -0.4 is 10.3 Å². The highest BCUT2D eigenvalue weighted by atomic mass is 32.1. The molecule has 3 aromatic carbocycles. The Kier molecular flexibility index (Phi) is 6.60. The number of carbonyl (C=O) groups is 2. The molecule has 0 saturated carbocycles. The van der Waals surface area contributed by atoms with E-state index in [4.69, 9.17) is 9.47 Å². The second-order valence-corrected chi connectivity index (χ2v) is 9.20. The van der Waals surface area contributed by atoms with E-state index in [0.717, 1.165) is 22.1 Å². The normalized spacial score (nSPS) is 11.0. The fraction of sp³-hybridized carbons (Fsp3) is 0.143. The summed E-state index contributed by atoms with van der Waals surface area (Å²) in [7, 11) is 0. The van der Waals surface area contributed by atoms with Crippen LogP contribution in [0.15, 0.2) is 83.9 Å². The average Bonchev–Trinajstić information content (AvgIpc) is 3.25. The first-order chi connectivity index (χ1) is 17.5. The van der Waals surface area contributed by atoms with Gasteiger partial charge >= 0.3 is 5.97 Å². The minimum absolute atomic E-state index is 0.0688. The maximum atomic E-state index is 13.2. The molecule has 0 saturated heterocycles. The summed E-state index contributed by atoms with van der Waals surface area (Å²) in [6, 6.07) is 22.5. The molecule has 0 fully saturated rings. The zero-order chi connectivity index (χ0) is 25.1. The van der Waals surface area contributed by atoms with Crippen molar-refractivity contribution in [3.63, 3.8) is 0 Å². The van der Waals surface area contributed by atoms with Gasteiger partial charge in [0.05, 0.1) is 18.3 Å². The number of fused-ring (bicyclic) bond motifs is 2. The molecule has 5 rings (SSSR count). The highest BCUT2D eigenvalue weighted by Gasteiger charge is 2.21. The predicted octanol–water partition coefficient (Wildman–Crippen LogP) is 5.04. The minimum atomic E-state index is -0.537. The lowest BCUT2D eigenvalue weighted by molar-refractivity contribution is 0.0455. The number of thiophene rings is 1. The summed E-state index contributed by atoms with van der Waals surface area (Å²) in [6.07, 6.45) is 1.35. The largest absolute Gasteiger partial charge is 0.490 e. The standard InChI is InChI=1S/C28H22N2O5S/c1-18-24-26(36-25(18)28(33)35-14-13-34-22-9-3-2-4-10-22)29-17-30(27(24)32)16-23(31)21-12-11-19-7-5-6-8-20(19)15-21/h2-12,15,17H,13-14,16H2,1H3. The van der Waals surface area contributed by atoms with Crippen molar-refractivity contribution in [2.75, 3.05) is 13.2 Å². The van der Waals surface area contributed by atoms with Crippen LogP contribution in [0.25, 0.3) is 21.0 Å². The van der Waals surface area contributed by atoms with Crippen molar-refractivity contribution < 1.29 is 19.1 Å². The topological polar surface area (TPSA) is 87.5 Å². The number of ether oxygens (including phenoxy) is 2. The third-order valence-electron chi connectivity index (χ3n) is 5.82. The molecule has 2 aromatic heterocycles. The molecule has 0 unspecified atom stereocenters. The van der Waals surface area contributed by atoms with Gasteiger partial charge in [-0.25, -0.2) is 9.78 Å². The van der Waals surface area contributed by atoms with Gasteiger partial charge in [-0.15, -0.1) is 11.3 Å². The van der Waals surface area contributed by atoms with Gasteiger partial charge in [-0.2, -0.15) is 0 Å². The Morgan fingerprint density at radius 2 is 1.69 bits per heavy atom. The van der Waals surface area contributed by atoms with Crippen LogP contribution in [0.4, 0.5) is 0 Å². The number of nitrogens with zero attached hydrogens (tertiary/aromatic N) is 2. The Morgan fingerprint density at radius 1 is 0.944 bits per heavy atom. The molecule has 0 bridgehead atoms. The third kappa shape index (κ3) is 4.76. The van der Waals surface area contributed by atoms with Gasteiger partial charge in [0.1, 0.15) is 28.7 Å². The van der Waals surface area contributed by atoms with Crippen LogP contribution in [0.5, 0.6) is 5.75 Å². The van der Waals surface area contributed by atoms with Crippen molar-refractivity contribution in [3.8, 4) is 5.75 Å². The maximum Gasteiger partial charge on any atom is 0.348 e. The zero-order valence-electron chi connectivity index (χ0n) is 19.5. The van der Waals surface area contributed by atoms with Gasteiger partial charge in [0.2, 0.25) is 0 Å². The van der Waals surface area contributed by atoms with Crippen LogP contribution in [0, 0.1) is 6.92 Å². The van der Waals surface area contributed by atoms with Gasteiger partial charge in [0.15, 0.2) is 5.78 Å². The fourth-order valence-electron chi connectivity index (χ4n) is 3.95. The first-order valence-electron chi connectivity index (χ1n) is 11.4. The van der Waals surface area contributed by atoms with Crippen molar-refractivity contribution >= 4 is 44.1 Å². The van der Waals surface area contributed by atoms with Crippen LogP contribution in [0.1, 0.15) is 25.6 Å².